The Morgan fingerprint density at radius 1 is 0.395 bits per heavy atom. The number of pyridine rings is 4. The number of ether oxygens (including phenoxy) is 2. The standard InChI is InChI=1S/C18H19ClN2O2S.C15H16BrClN2O2S.C14H21NO5S.C10H13ClO2S.2C9H13NO3S.C9H12.C5H4BrClN2.C5H5BrN2.C5H11NO3.CH3I.CH4/c1-5-6-16-15(19)11-12-17(20-16)21-24(22,23)14-9-7-13(8-10-14)18(2,3)4;1-15(2,3)10-4-6-11(7-5-10)22(20,21)19-13-9-8-12(17)14(16)18-13;1-9-7-10(2)12(11(3)8-9)21(17,18)20-15-13(16)19-14(4,5)6;1-10(2,3)8-4-6-9(7-5-8)14(11,12)13;2*1-6-4-7(2)9(8(3)5-6)14(11,12)13-10;1-7-4-8(2)6-9(3)5-7;6-5-3(7)1-2-4(8)9-5;6-4-2-1-3-5(7)8-4;1-5(2,3)9-4(7)6-8;1-2;/h7-12H,1-4H3,(H,20,21);4-9H,1-3H3,(H,18,19);7-8H,1-6H3,(H,15,16);4-7H,1-3H3;2*4-5H,10H2,1-3H3;4-6H,1-3H3;1-2H,(H2,8,9);1-3H,(H2,7,8);8H,1-3H3,(H,6,7);1H3;1H4. The lowest BCUT2D eigenvalue weighted by Crippen LogP contribution is -2.34. The normalized spacial score (nSPS) is 11.3. The molecule has 46 heteroatoms. The van der Waals surface area contributed by atoms with Crippen LogP contribution in [0.3, 0.4) is 0 Å². The Morgan fingerprint density at radius 3 is 0.952 bits per heavy atom. The summed E-state index contributed by atoms with van der Waals surface area (Å²) >= 11 is 29.0. The molecule has 4 heterocycles. The van der Waals surface area contributed by atoms with Gasteiger partial charge in [0.15, 0.2) is 0 Å². The molecule has 810 valence electrons. The number of nitrogen functional groups attached to an aromatic ring is 2. The van der Waals surface area contributed by atoms with E-state index in [2.05, 4.69) is 230 Å². The van der Waals surface area contributed by atoms with Crippen LogP contribution in [0.2, 0.25) is 15.1 Å². The van der Waals surface area contributed by atoms with Crippen molar-refractivity contribution in [1.82, 2.24) is 30.9 Å². The fourth-order valence-electron chi connectivity index (χ4n) is 12.5. The van der Waals surface area contributed by atoms with Crippen molar-refractivity contribution >= 4 is 211 Å². The molecule has 11 rings (SSSR count). The number of nitrogens with two attached hydrogens (primary N) is 4. The maximum Gasteiger partial charge on any atom is 0.432 e. The average molecular weight is 2540 g/mol. The maximum atomic E-state index is 12.5. The second kappa shape index (κ2) is 61.1. The summed E-state index contributed by atoms with van der Waals surface area (Å²) in [5.41, 5.74) is 26.7. The largest absolute Gasteiger partial charge is 0.442 e. The number of anilines is 4. The van der Waals surface area contributed by atoms with Gasteiger partial charge in [0.05, 0.1) is 29.8 Å². The molecule has 0 spiro atoms. The van der Waals surface area contributed by atoms with Crippen molar-refractivity contribution < 1.29 is 87.6 Å². The van der Waals surface area contributed by atoms with Crippen LogP contribution in [0, 0.1) is 94.9 Å². The summed E-state index contributed by atoms with van der Waals surface area (Å²) < 4.78 is 170. The van der Waals surface area contributed by atoms with Crippen LogP contribution in [0.1, 0.15) is 207 Å². The number of aryl methyl sites for hydroxylation is 12. The Hall–Kier alpha value is -8.77. The number of benzene rings is 7. The van der Waals surface area contributed by atoms with Crippen molar-refractivity contribution in [2.75, 3.05) is 25.8 Å². The molecule has 0 aliphatic carbocycles. The number of hydroxylamine groups is 2. The molecule has 0 atom stereocenters. The molecule has 0 aliphatic heterocycles. The van der Waals surface area contributed by atoms with Gasteiger partial charge in [0.1, 0.15) is 68.7 Å². The number of nitrogens with one attached hydrogen (secondary N) is 4. The number of hydrogen-bond acceptors (Lipinski definition) is 28. The van der Waals surface area contributed by atoms with Crippen molar-refractivity contribution in [3.63, 3.8) is 0 Å². The Bertz CT molecular complexity index is 6840. The minimum absolute atomic E-state index is 0. The zero-order valence-electron chi connectivity index (χ0n) is 86.6. The number of rotatable bonds is 14. The first kappa shape index (κ1) is 138. The van der Waals surface area contributed by atoms with Crippen LogP contribution in [0.15, 0.2) is 225 Å². The predicted octanol–water partition coefficient (Wildman–Crippen LogP) is 25.6. The molecule has 13 N–H and O–H groups in total. The van der Waals surface area contributed by atoms with Gasteiger partial charge in [-0.15, -0.1) is 4.28 Å². The van der Waals surface area contributed by atoms with E-state index in [0.717, 1.165) is 38.0 Å². The fourth-order valence-corrected chi connectivity index (χ4v) is 19.9. The molecule has 2 amide bonds. The maximum absolute atomic E-state index is 12.5. The highest BCUT2D eigenvalue weighted by Gasteiger charge is 2.28. The molecule has 11 aromatic rings. The lowest BCUT2D eigenvalue weighted by Gasteiger charge is -2.19. The SMILES string of the molecule is C.CC#Cc1nc(NS(=O)(=O)c2ccc(C(C)(C)C)cc2)ccc1Cl.CC(C)(C)OC(=O)NO.CC(C)(C)c1ccc(S(=O)(=O)Cl)cc1.CC(C)(C)c1ccc(S(=O)(=O)Nc2ccc(Cl)c(Br)n2)cc1.CI.Cc1cc(C)c(S(=O)(=O)ON)c(C)c1.Cc1cc(C)c(S(=O)(=O)ON)c(C)c1.Cc1cc(C)c(S(=O)(=O)ONC(=O)OC(C)(C)C)c(C)c1.Cc1cc(C)cc(C)c1.Nc1ccc(Cl)c(Br)n1.Nc1cccc(Br)n1. The Morgan fingerprint density at radius 2 is 0.687 bits per heavy atom. The summed E-state index contributed by atoms with van der Waals surface area (Å²) in [6.07, 6.45) is -1.80. The first-order valence-corrected chi connectivity index (χ1v) is 58.6. The van der Waals surface area contributed by atoms with Crippen LogP contribution < -0.4 is 43.7 Å². The van der Waals surface area contributed by atoms with Gasteiger partial charge in [0.25, 0.3) is 29.1 Å². The number of nitrogens with zero attached hydrogens (tertiary/aromatic N) is 4. The highest BCUT2D eigenvalue weighted by Crippen LogP contribution is 2.32. The van der Waals surface area contributed by atoms with Gasteiger partial charge >= 0.3 is 42.5 Å². The van der Waals surface area contributed by atoms with Crippen molar-refractivity contribution in [1.29, 1.82) is 0 Å². The number of hydrogen-bond donors (Lipinski definition) is 9. The minimum Gasteiger partial charge on any atom is -0.442 e. The van der Waals surface area contributed by atoms with E-state index in [9.17, 15) is 60.1 Å². The molecule has 147 heavy (non-hydrogen) atoms. The number of aromatic nitrogens is 4. The fraction of sp³-hybridized carbons (Fsp3) is 0.347. The highest BCUT2D eigenvalue weighted by atomic mass is 127. The Balaban J connectivity index is 0.00000164. The van der Waals surface area contributed by atoms with Gasteiger partial charge in [-0.05, 0) is 341 Å². The molecular formula is C101H134Br3Cl4IN12O20S6. The molecule has 7 aromatic carbocycles. The van der Waals surface area contributed by atoms with E-state index in [1.165, 1.54) is 46.4 Å². The third-order valence-electron chi connectivity index (χ3n) is 18.3. The van der Waals surface area contributed by atoms with Crippen molar-refractivity contribution in [2.24, 2.45) is 11.8 Å². The van der Waals surface area contributed by atoms with Crippen LogP contribution in [0.4, 0.5) is 32.9 Å². The van der Waals surface area contributed by atoms with Gasteiger partial charge in [-0.25, -0.2) is 60.3 Å². The van der Waals surface area contributed by atoms with E-state index in [0.29, 0.717) is 75.0 Å². The molecule has 32 nitrogen and oxygen atoms in total. The van der Waals surface area contributed by atoms with Gasteiger partial charge in [0.2, 0.25) is 0 Å². The van der Waals surface area contributed by atoms with Crippen LogP contribution in [0.25, 0.3) is 0 Å². The summed E-state index contributed by atoms with van der Waals surface area (Å²) in [4.78, 5) is 40.4. The first-order chi connectivity index (χ1) is 66.7. The smallest absolute Gasteiger partial charge is 0.432 e. The van der Waals surface area contributed by atoms with Crippen molar-refractivity contribution in [3.8, 4) is 11.8 Å². The van der Waals surface area contributed by atoms with E-state index in [4.69, 9.17) is 78.7 Å². The molecule has 0 saturated heterocycles. The summed E-state index contributed by atoms with van der Waals surface area (Å²) in [6.45, 7) is 52.7. The zero-order chi connectivity index (χ0) is 113. The highest BCUT2D eigenvalue weighted by molar-refractivity contribution is 14.1. The predicted molar refractivity (Wildman–Crippen MR) is 610 cm³/mol. The number of carbonyl (C=O) groups excluding carboxylic acids is 2. The van der Waals surface area contributed by atoms with E-state index >= 15 is 0 Å². The molecule has 0 fully saturated rings. The molecule has 4 aromatic heterocycles. The third kappa shape index (κ3) is 51.3. The molecule has 0 unspecified atom stereocenters. The van der Waals surface area contributed by atoms with Crippen molar-refractivity contribution in [2.45, 2.75) is 258 Å². The van der Waals surface area contributed by atoms with Crippen molar-refractivity contribution in [3.05, 3.63) is 300 Å². The molecule has 0 saturated carbocycles. The summed E-state index contributed by atoms with van der Waals surface area (Å²) in [5.74, 6) is 16.3. The molecular weight excluding hydrogens is 2400 g/mol. The van der Waals surface area contributed by atoms with Gasteiger partial charge in [-0.3, -0.25) is 14.7 Å². The van der Waals surface area contributed by atoms with Crippen LogP contribution >= 0.6 is 116 Å². The van der Waals surface area contributed by atoms with Crippen LogP contribution in [-0.2, 0) is 98.0 Å². The number of carbonyl (C=O) groups is 2. The number of halogens is 8. The van der Waals surface area contributed by atoms with E-state index in [1.54, 1.807) is 199 Å². The van der Waals surface area contributed by atoms with Gasteiger partial charge in [-0.1, -0.05) is 263 Å². The molecule has 0 aliphatic rings. The summed E-state index contributed by atoms with van der Waals surface area (Å²) in [6, 6.07) is 52.3. The quantitative estimate of drug-likeness (QED) is 0.00928. The third-order valence-corrected chi connectivity index (χ3v) is 29.7. The van der Waals surface area contributed by atoms with E-state index in [-0.39, 0.29) is 64.7 Å². The minimum atomic E-state index is -4.10. The second-order valence-corrected chi connectivity index (χ2v) is 50.9. The van der Waals surface area contributed by atoms with E-state index < -0.39 is 82.8 Å². The van der Waals surface area contributed by atoms with Crippen LogP contribution in [0.5, 0.6) is 0 Å². The molecule has 0 bridgehead atoms. The zero-order valence-corrected chi connectivity index (χ0v) is 101. The number of alkyl halides is 1. The number of amides is 2. The summed E-state index contributed by atoms with van der Waals surface area (Å²) in [7, 11) is -17.5. The van der Waals surface area contributed by atoms with Crippen LogP contribution in [-0.4, -0.2) is 104 Å². The van der Waals surface area contributed by atoms with Gasteiger partial charge in [-0.2, -0.15) is 51.1 Å². The topological polar surface area (TPSA) is 509 Å². The average Bonchev–Trinajstić information content (AvgIpc) is 0.783. The van der Waals surface area contributed by atoms with E-state index in [1.807, 2.05) is 62.1 Å². The lowest BCUT2D eigenvalue weighted by atomic mass is 9.87. The van der Waals surface area contributed by atoms with Gasteiger partial charge in [0, 0.05) is 10.7 Å². The summed E-state index contributed by atoms with van der Waals surface area (Å²) in [5, 5.41) is 9.34. The number of sulfonamides is 2. The lowest BCUT2D eigenvalue weighted by molar-refractivity contribution is 0.0228. The van der Waals surface area contributed by atoms with Gasteiger partial charge < -0.3 is 20.9 Å². The monoisotopic (exact) mass is 2530 g/mol. The Kier molecular flexibility index (Phi) is 57.4. The molecule has 0 radical (unpaired) electrons. The Labute approximate surface area is 927 Å². The first-order valence-electron chi connectivity index (χ1n) is 43.4. The second-order valence-electron chi connectivity index (χ2n) is 36.9.